The summed E-state index contributed by atoms with van der Waals surface area (Å²) in [5, 5.41) is 3.21. The van der Waals surface area contributed by atoms with E-state index < -0.39 is 5.79 Å². The Hall–Kier alpha value is -2.84. The number of halogens is 1. The molecule has 0 unspecified atom stereocenters. The lowest BCUT2D eigenvalue weighted by molar-refractivity contribution is -0.136. The molecule has 2 fully saturated rings. The number of nitrogens with zero attached hydrogens (tertiary/aromatic N) is 2. The molecule has 1 atom stereocenters. The predicted octanol–water partition coefficient (Wildman–Crippen LogP) is 3.85. The maximum atomic E-state index is 14.8. The third-order valence-corrected chi connectivity index (χ3v) is 5.63. The minimum atomic E-state index is -0.572. The molecule has 0 spiro atoms. The summed E-state index contributed by atoms with van der Waals surface area (Å²) in [5.41, 5.74) is 2.18. The highest BCUT2D eigenvalue weighted by molar-refractivity contribution is 5.68. The third-order valence-electron chi connectivity index (χ3n) is 5.63. The van der Waals surface area contributed by atoms with Gasteiger partial charge in [0.15, 0.2) is 5.79 Å². The van der Waals surface area contributed by atoms with Gasteiger partial charge in [-0.15, -0.1) is 0 Å². The Labute approximate surface area is 188 Å². The number of carbonyl (C=O) groups excluding carboxylic acids is 1. The van der Waals surface area contributed by atoms with E-state index in [0.717, 1.165) is 5.56 Å². The molecule has 7 nitrogen and oxygen atoms in total. The highest BCUT2D eigenvalue weighted by atomic mass is 19.1. The van der Waals surface area contributed by atoms with Gasteiger partial charge in [-0.25, -0.2) is 9.18 Å². The van der Waals surface area contributed by atoms with E-state index in [1.54, 1.807) is 11.0 Å². The fraction of sp³-hybridized carbons (Fsp3) is 0.458. The Balaban J connectivity index is 1.24. The molecule has 2 saturated heterocycles. The fourth-order valence-corrected chi connectivity index (χ4v) is 3.91. The minimum absolute atomic E-state index is 0.0672. The number of ether oxygens (including phenoxy) is 3. The average Bonchev–Trinajstić information content (AvgIpc) is 3.15. The van der Waals surface area contributed by atoms with Gasteiger partial charge in [0.25, 0.3) is 0 Å². The van der Waals surface area contributed by atoms with Crippen LogP contribution in [0.2, 0.25) is 0 Å². The maximum Gasteiger partial charge on any atom is 0.410 e. The average molecular weight is 444 g/mol. The van der Waals surface area contributed by atoms with E-state index >= 15 is 0 Å². The van der Waals surface area contributed by atoms with Gasteiger partial charge in [0.1, 0.15) is 18.5 Å². The number of anilines is 2. The first-order valence-electron chi connectivity index (χ1n) is 11.0. The van der Waals surface area contributed by atoms with Crippen LogP contribution in [0.25, 0.3) is 0 Å². The second-order valence-electron chi connectivity index (χ2n) is 8.51. The monoisotopic (exact) mass is 443 g/mol. The first kappa shape index (κ1) is 22.4. The largest absolute Gasteiger partial charge is 0.445 e. The van der Waals surface area contributed by atoms with Crippen LogP contribution < -0.4 is 10.2 Å². The Kier molecular flexibility index (Phi) is 6.81. The molecule has 2 aliphatic heterocycles. The Morgan fingerprint density at radius 3 is 2.56 bits per heavy atom. The van der Waals surface area contributed by atoms with Gasteiger partial charge in [-0.1, -0.05) is 30.3 Å². The van der Waals surface area contributed by atoms with Crippen LogP contribution in [0.15, 0.2) is 48.5 Å². The zero-order chi connectivity index (χ0) is 22.6. The van der Waals surface area contributed by atoms with Crippen LogP contribution >= 0.6 is 0 Å². The van der Waals surface area contributed by atoms with Crippen molar-refractivity contribution in [2.75, 3.05) is 49.5 Å². The van der Waals surface area contributed by atoms with E-state index in [4.69, 9.17) is 14.2 Å². The summed E-state index contributed by atoms with van der Waals surface area (Å²) in [6.07, 6.45) is -0.405. The van der Waals surface area contributed by atoms with Crippen molar-refractivity contribution in [3.8, 4) is 0 Å². The zero-order valence-electron chi connectivity index (χ0n) is 18.6. The van der Waals surface area contributed by atoms with E-state index in [1.807, 2.05) is 55.1 Å². The molecule has 0 aliphatic carbocycles. The molecule has 2 aromatic rings. The van der Waals surface area contributed by atoms with Gasteiger partial charge in [0.05, 0.1) is 12.3 Å². The van der Waals surface area contributed by atoms with Crippen molar-refractivity contribution >= 4 is 17.5 Å². The quantitative estimate of drug-likeness (QED) is 0.732. The van der Waals surface area contributed by atoms with Gasteiger partial charge in [-0.2, -0.15) is 0 Å². The predicted molar refractivity (Wildman–Crippen MR) is 120 cm³/mol. The summed E-state index contributed by atoms with van der Waals surface area (Å²) in [6.45, 7) is 7.14. The number of hydrogen-bond donors (Lipinski definition) is 1. The van der Waals surface area contributed by atoms with E-state index in [9.17, 15) is 9.18 Å². The molecule has 2 aromatic carbocycles. The standard InChI is InChI=1S/C24H30FN3O4/c1-24(2)31-17-20(32-24)15-26-19-8-9-22(21(25)14-19)27-10-12-28(13-11-27)23(29)30-16-18-6-4-3-5-7-18/h3-9,14,20,26H,10-13,15-17H2,1-2H3/t20-/m1/s1. The van der Waals surface area contributed by atoms with Crippen molar-refractivity contribution in [3.05, 3.63) is 59.9 Å². The molecule has 2 aliphatic rings. The van der Waals surface area contributed by atoms with Crippen molar-refractivity contribution in [1.82, 2.24) is 4.90 Å². The number of nitrogens with one attached hydrogen (secondary N) is 1. The van der Waals surface area contributed by atoms with Crippen molar-refractivity contribution in [2.45, 2.75) is 32.3 Å². The normalized spacial score (nSPS) is 20.3. The fourth-order valence-electron chi connectivity index (χ4n) is 3.91. The van der Waals surface area contributed by atoms with Gasteiger partial charge < -0.3 is 29.3 Å². The number of amides is 1. The van der Waals surface area contributed by atoms with Gasteiger partial charge >= 0.3 is 6.09 Å². The van der Waals surface area contributed by atoms with E-state index in [1.165, 1.54) is 6.07 Å². The lowest BCUT2D eigenvalue weighted by atomic mass is 10.2. The van der Waals surface area contributed by atoms with Crippen LogP contribution in [0.4, 0.5) is 20.6 Å². The van der Waals surface area contributed by atoms with Gasteiger partial charge in [-0.3, -0.25) is 0 Å². The molecule has 0 radical (unpaired) electrons. The number of benzene rings is 2. The molecule has 1 N–H and O–H groups in total. The molecule has 1 amide bonds. The van der Waals surface area contributed by atoms with Crippen molar-refractivity contribution in [3.63, 3.8) is 0 Å². The maximum absolute atomic E-state index is 14.8. The SMILES string of the molecule is CC1(C)OC[C@@H](CNc2ccc(N3CCN(C(=O)OCc4ccccc4)CC3)c(F)c2)O1. The van der Waals surface area contributed by atoms with Crippen LogP contribution in [0.1, 0.15) is 19.4 Å². The summed E-state index contributed by atoms with van der Waals surface area (Å²) < 4.78 is 31.5. The van der Waals surface area contributed by atoms with E-state index in [0.29, 0.717) is 50.7 Å². The number of carbonyl (C=O) groups is 1. The topological polar surface area (TPSA) is 63.3 Å². The summed E-state index contributed by atoms with van der Waals surface area (Å²) in [4.78, 5) is 16.0. The minimum Gasteiger partial charge on any atom is -0.445 e. The number of piperazine rings is 1. The number of rotatable bonds is 6. The molecule has 2 heterocycles. The van der Waals surface area contributed by atoms with Crippen LogP contribution in [0, 0.1) is 5.82 Å². The lowest BCUT2D eigenvalue weighted by Crippen LogP contribution is -2.49. The molecule has 0 bridgehead atoms. The van der Waals surface area contributed by atoms with Crippen LogP contribution in [0.5, 0.6) is 0 Å². The molecular formula is C24H30FN3O4. The van der Waals surface area contributed by atoms with E-state index in [-0.39, 0.29) is 24.6 Å². The molecule has 0 saturated carbocycles. The summed E-state index contributed by atoms with van der Waals surface area (Å²) in [5.74, 6) is -0.864. The summed E-state index contributed by atoms with van der Waals surface area (Å²) in [7, 11) is 0. The highest BCUT2D eigenvalue weighted by Crippen LogP contribution is 2.26. The first-order chi connectivity index (χ1) is 15.4. The van der Waals surface area contributed by atoms with Gasteiger partial charge in [-0.05, 0) is 37.6 Å². The summed E-state index contributed by atoms with van der Waals surface area (Å²) >= 11 is 0. The number of hydrogen-bond acceptors (Lipinski definition) is 6. The van der Waals surface area contributed by atoms with Crippen molar-refractivity contribution in [2.24, 2.45) is 0 Å². The molecule has 172 valence electrons. The van der Waals surface area contributed by atoms with Crippen LogP contribution in [0.3, 0.4) is 0 Å². The molecule has 0 aromatic heterocycles. The van der Waals surface area contributed by atoms with E-state index in [2.05, 4.69) is 5.32 Å². The van der Waals surface area contributed by atoms with Gasteiger partial charge in [0.2, 0.25) is 0 Å². The second-order valence-corrected chi connectivity index (χ2v) is 8.51. The highest BCUT2D eigenvalue weighted by Gasteiger charge is 2.32. The summed E-state index contributed by atoms with van der Waals surface area (Å²) in [6, 6.07) is 14.7. The van der Waals surface area contributed by atoms with Crippen LogP contribution in [-0.4, -0.2) is 62.2 Å². The Bertz CT molecular complexity index is 917. The van der Waals surface area contributed by atoms with Crippen molar-refractivity contribution in [1.29, 1.82) is 0 Å². The smallest absolute Gasteiger partial charge is 0.410 e. The molecule has 8 heteroatoms. The Morgan fingerprint density at radius 2 is 1.91 bits per heavy atom. The molecule has 4 rings (SSSR count). The lowest BCUT2D eigenvalue weighted by Gasteiger charge is -2.35. The first-order valence-corrected chi connectivity index (χ1v) is 11.0. The Morgan fingerprint density at radius 1 is 1.16 bits per heavy atom. The van der Waals surface area contributed by atoms with Gasteiger partial charge in [0, 0.05) is 38.4 Å². The van der Waals surface area contributed by atoms with Crippen molar-refractivity contribution < 1.29 is 23.4 Å². The van der Waals surface area contributed by atoms with Crippen LogP contribution in [-0.2, 0) is 20.8 Å². The molecular weight excluding hydrogens is 413 g/mol. The zero-order valence-corrected chi connectivity index (χ0v) is 18.6. The third kappa shape index (κ3) is 5.69. The second kappa shape index (κ2) is 9.75. The molecule has 32 heavy (non-hydrogen) atoms.